The number of benzene rings is 2. The van der Waals surface area contributed by atoms with Crippen LogP contribution < -0.4 is 5.32 Å². The second-order valence-electron chi connectivity index (χ2n) is 9.63. The molecule has 0 radical (unpaired) electrons. The maximum Gasteiger partial charge on any atom is 0.309 e. The fraction of sp³-hybridized carbons (Fsp3) is 0.387. The van der Waals surface area contributed by atoms with E-state index in [1.807, 2.05) is 54.6 Å². The van der Waals surface area contributed by atoms with Crippen molar-refractivity contribution in [2.45, 2.75) is 44.7 Å². The van der Waals surface area contributed by atoms with Crippen LogP contribution in [0.15, 0.2) is 79.9 Å². The number of aliphatic hydroxyl groups is 1. The van der Waals surface area contributed by atoms with Crippen LogP contribution in [0.25, 0.3) is 0 Å². The Morgan fingerprint density at radius 2 is 1.66 bits per heavy atom. The third kappa shape index (κ3) is 8.15. The zero-order valence-electron chi connectivity index (χ0n) is 21.9. The van der Waals surface area contributed by atoms with Crippen molar-refractivity contribution in [1.82, 2.24) is 10.2 Å². The molecular weight excluding hydrogens is 480 g/mol. The molecule has 2 aromatic rings. The summed E-state index contributed by atoms with van der Waals surface area (Å²) in [6.07, 6.45) is 5.31. The van der Waals surface area contributed by atoms with Crippen molar-refractivity contribution >= 4 is 17.8 Å². The van der Waals surface area contributed by atoms with Crippen molar-refractivity contribution in [2.75, 3.05) is 19.8 Å². The Hall–Kier alpha value is -3.71. The van der Waals surface area contributed by atoms with Gasteiger partial charge in [-0.25, -0.2) is 0 Å². The number of carbonyl (C=O) groups is 3. The van der Waals surface area contributed by atoms with Crippen molar-refractivity contribution in [3.8, 4) is 0 Å². The molecule has 1 heterocycles. The Bertz CT molecular complexity index is 1100. The smallest absolute Gasteiger partial charge is 0.309 e. The number of carbonyl (C=O) groups excluding carboxylic acids is 3. The van der Waals surface area contributed by atoms with Crippen LogP contribution in [-0.4, -0.2) is 53.6 Å². The molecule has 0 unspecified atom stereocenters. The lowest BCUT2D eigenvalue weighted by molar-refractivity contribution is -0.148. The van der Waals surface area contributed by atoms with Gasteiger partial charge >= 0.3 is 5.97 Å². The van der Waals surface area contributed by atoms with Crippen LogP contribution in [0.4, 0.5) is 0 Å². The van der Waals surface area contributed by atoms with E-state index in [0.29, 0.717) is 32.2 Å². The number of hydrogen-bond acceptors (Lipinski definition) is 5. The molecule has 0 aromatic heterocycles. The van der Waals surface area contributed by atoms with Gasteiger partial charge in [0.15, 0.2) is 0 Å². The van der Waals surface area contributed by atoms with Gasteiger partial charge in [-0.1, -0.05) is 66.7 Å². The van der Waals surface area contributed by atoms with E-state index in [0.717, 1.165) is 16.7 Å². The molecule has 3 atom stereocenters. The lowest BCUT2D eigenvalue weighted by Gasteiger charge is -2.36. The molecule has 7 heteroatoms. The van der Waals surface area contributed by atoms with Gasteiger partial charge in [0.05, 0.1) is 31.0 Å². The third-order valence-corrected chi connectivity index (χ3v) is 6.88. The standard InChI is InChI=1S/C31H38N2O5/c1-3-10-25(20-29(35)33-21-27-15-9-8-14-24(27)19-28(33)22-34)30(36)32-16-17-38-31(37)26(11-4-2)18-23-12-6-5-7-13-23/h3-9,12-15,25-26,28,34H,1-2,10-11,16-22H2,(H,32,36)/t25-,26-,28-/m0/s1. The highest BCUT2D eigenvalue weighted by molar-refractivity contribution is 5.86. The average Bonchev–Trinajstić information content (AvgIpc) is 2.94. The highest BCUT2D eigenvalue weighted by Crippen LogP contribution is 2.25. The van der Waals surface area contributed by atoms with E-state index < -0.39 is 5.92 Å². The topological polar surface area (TPSA) is 95.9 Å². The summed E-state index contributed by atoms with van der Waals surface area (Å²) in [5.74, 6) is -1.75. The van der Waals surface area contributed by atoms with Gasteiger partial charge in [0.25, 0.3) is 0 Å². The number of esters is 1. The predicted molar refractivity (Wildman–Crippen MR) is 147 cm³/mol. The number of hydrogen-bond donors (Lipinski definition) is 2. The second-order valence-corrected chi connectivity index (χ2v) is 9.63. The van der Waals surface area contributed by atoms with Gasteiger partial charge in [-0.2, -0.15) is 0 Å². The van der Waals surface area contributed by atoms with Crippen LogP contribution in [0, 0.1) is 11.8 Å². The van der Waals surface area contributed by atoms with Crippen molar-refractivity contribution in [3.63, 3.8) is 0 Å². The second kappa shape index (κ2) is 14.9. The largest absolute Gasteiger partial charge is 0.464 e. The molecule has 0 bridgehead atoms. The molecule has 2 amide bonds. The molecule has 0 spiro atoms. The first kappa shape index (κ1) is 28.9. The molecule has 2 aromatic carbocycles. The first-order valence-corrected chi connectivity index (χ1v) is 13.1. The van der Waals surface area contributed by atoms with Crippen LogP contribution in [-0.2, 0) is 38.5 Å². The lowest BCUT2D eigenvalue weighted by atomic mass is 9.92. The molecule has 2 N–H and O–H groups in total. The summed E-state index contributed by atoms with van der Waals surface area (Å²) < 4.78 is 5.43. The Morgan fingerprint density at radius 1 is 1.00 bits per heavy atom. The highest BCUT2D eigenvalue weighted by Gasteiger charge is 2.31. The highest BCUT2D eigenvalue weighted by atomic mass is 16.5. The van der Waals surface area contributed by atoms with Gasteiger partial charge in [-0.3, -0.25) is 14.4 Å². The lowest BCUT2D eigenvalue weighted by Crippen LogP contribution is -2.47. The van der Waals surface area contributed by atoms with E-state index in [-0.39, 0.29) is 55.9 Å². The fourth-order valence-electron chi connectivity index (χ4n) is 4.81. The molecule has 0 saturated heterocycles. The molecule has 1 aliphatic rings. The van der Waals surface area contributed by atoms with E-state index >= 15 is 0 Å². The quantitative estimate of drug-likeness (QED) is 0.226. The van der Waals surface area contributed by atoms with Crippen LogP contribution in [0.5, 0.6) is 0 Å². The van der Waals surface area contributed by atoms with Gasteiger partial charge in [0, 0.05) is 13.0 Å². The minimum Gasteiger partial charge on any atom is -0.464 e. The average molecular weight is 519 g/mol. The summed E-state index contributed by atoms with van der Waals surface area (Å²) in [5.41, 5.74) is 3.23. The molecule has 38 heavy (non-hydrogen) atoms. The fourth-order valence-corrected chi connectivity index (χ4v) is 4.81. The minimum absolute atomic E-state index is 0.00872. The molecular formula is C31H38N2O5. The van der Waals surface area contributed by atoms with Crippen LogP contribution in [0.3, 0.4) is 0 Å². The SMILES string of the molecule is C=CC[C@@H](CC(=O)N1Cc2ccccc2C[C@H]1CO)C(=O)NCCOC(=O)[C@@H](CC=C)Cc1ccccc1. The summed E-state index contributed by atoms with van der Waals surface area (Å²) >= 11 is 0. The number of ether oxygens (including phenoxy) is 1. The van der Waals surface area contributed by atoms with Crippen LogP contribution in [0.2, 0.25) is 0 Å². The molecule has 0 fully saturated rings. The summed E-state index contributed by atoms with van der Waals surface area (Å²) in [5, 5.41) is 12.7. The van der Waals surface area contributed by atoms with Gasteiger partial charge in [0.2, 0.25) is 11.8 Å². The Morgan fingerprint density at radius 3 is 2.34 bits per heavy atom. The normalized spacial score (nSPS) is 16.0. The number of rotatable bonds is 14. The van der Waals surface area contributed by atoms with E-state index in [2.05, 4.69) is 18.5 Å². The maximum absolute atomic E-state index is 13.2. The molecule has 0 saturated carbocycles. The summed E-state index contributed by atoms with van der Waals surface area (Å²) in [4.78, 5) is 40.4. The van der Waals surface area contributed by atoms with Crippen LogP contribution >= 0.6 is 0 Å². The van der Waals surface area contributed by atoms with E-state index in [9.17, 15) is 19.5 Å². The number of amides is 2. The summed E-state index contributed by atoms with van der Waals surface area (Å²) in [7, 11) is 0. The first-order chi connectivity index (χ1) is 18.5. The zero-order chi connectivity index (χ0) is 27.3. The van der Waals surface area contributed by atoms with Gasteiger partial charge < -0.3 is 20.1 Å². The molecule has 0 aliphatic carbocycles. The maximum atomic E-state index is 13.2. The van der Waals surface area contributed by atoms with E-state index in [1.54, 1.807) is 17.1 Å². The number of aliphatic hydroxyl groups excluding tert-OH is 1. The number of nitrogens with one attached hydrogen (secondary N) is 1. The van der Waals surface area contributed by atoms with Crippen molar-refractivity contribution < 1.29 is 24.2 Å². The first-order valence-electron chi connectivity index (χ1n) is 13.1. The molecule has 7 nitrogen and oxygen atoms in total. The Labute approximate surface area is 225 Å². The van der Waals surface area contributed by atoms with Gasteiger partial charge in [-0.15, -0.1) is 13.2 Å². The molecule has 3 rings (SSSR count). The minimum atomic E-state index is -0.598. The van der Waals surface area contributed by atoms with Crippen molar-refractivity contribution in [1.29, 1.82) is 0 Å². The summed E-state index contributed by atoms with van der Waals surface area (Å²) in [6.45, 7) is 7.93. The predicted octanol–water partition coefficient (Wildman–Crippen LogP) is 3.61. The number of nitrogens with zero attached hydrogens (tertiary/aromatic N) is 1. The van der Waals surface area contributed by atoms with E-state index in [1.165, 1.54) is 0 Å². The monoisotopic (exact) mass is 518 g/mol. The number of fused-ring (bicyclic) bond motifs is 1. The number of allylic oxidation sites excluding steroid dienone is 2. The Balaban J connectivity index is 1.50. The van der Waals surface area contributed by atoms with Gasteiger partial charge in [0.1, 0.15) is 6.61 Å². The van der Waals surface area contributed by atoms with E-state index in [4.69, 9.17) is 4.74 Å². The zero-order valence-corrected chi connectivity index (χ0v) is 21.9. The Kier molecular flexibility index (Phi) is 11.3. The van der Waals surface area contributed by atoms with Gasteiger partial charge in [-0.05, 0) is 42.4 Å². The van der Waals surface area contributed by atoms with Crippen molar-refractivity contribution in [2.24, 2.45) is 11.8 Å². The molecule has 1 aliphatic heterocycles. The molecule has 202 valence electrons. The van der Waals surface area contributed by atoms with Crippen molar-refractivity contribution in [3.05, 3.63) is 96.6 Å². The third-order valence-electron chi connectivity index (χ3n) is 6.88. The summed E-state index contributed by atoms with van der Waals surface area (Å²) in [6, 6.07) is 17.3. The van der Waals surface area contributed by atoms with Crippen LogP contribution in [0.1, 0.15) is 36.0 Å².